The summed E-state index contributed by atoms with van der Waals surface area (Å²) in [6.07, 6.45) is 27.1. The zero-order valence-corrected chi connectivity index (χ0v) is 19.8. The van der Waals surface area contributed by atoms with Crippen LogP contribution in [0.25, 0.3) is 0 Å². The van der Waals surface area contributed by atoms with Gasteiger partial charge in [-0.2, -0.15) is 0 Å². The van der Waals surface area contributed by atoms with Crippen molar-refractivity contribution >= 4 is 0 Å². The summed E-state index contributed by atoms with van der Waals surface area (Å²) in [6.45, 7) is 4.63. The van der Waals surface area contributed by atoms with Gasteiger partial charge in [0.2, 0.25) is 6.33 Å². The molecule has 0 fully saturated rings. The molecule has 0 saturated heterocycles. The van der Waals surface area contributed by atoms with Crippen LogP contribution in [0.1, 0.15) is 115 Å². The Labute approximate surface area is 186 Å². The first-order chi connectivity index (χ1) is 14.8. The molecule has 2 unspecified atom stereocenters. The van der Waals surface area contributed by atoms with Crippen LogP contribution in [0.15, 0.2) is 49.1 Å². The third-order valence-corrected chi connectivity index (χ3v) is 6.60. The van der Waals surface area contributed by atoms with Crippen LogP contribution in [-0.4, -0.2) is 4.98 Å². The van der Waals surface area contributed by atoms with E-state index < -0.39 is 0 Å². The maximum Gasteiger partial charge on any atom is 0.241 e. The van der Waals surface area contributed by atoms with E-state index in [-0.39, 0.29) is 0 Å². The van der Waals surface area contributed by atoms with E-state index in [2.05, 4.69) is 72.5 Å². The highest BCUT2D eigenvalue weighted by molar-refractivity contribution is 5.15. The number of aromatic amines is 1. The molecule has 0 spiro atoms. The SMILES string of the molecule is CCCCCCCCCCCCCC(C(CCC)Cc1ccccc1)[n+]1cc[nH]c1. The van der Waals surface area contributed by atoms with Crippen molar-refractivity contribution < 1.29 is 4.57 Å². The molecule has 0 aliphatic heterocycles. The molecule has 1 aromatic carbocycles. The minimum atomic E-state index is 0.606. The van der Waals surface area contributed by atoms with Crippen molar-refractivity contribution in [1.29, 1.82) is 0 Å². The standard InChI is InChI=1S/C28H46N2/c1-3-5-6-7-8-9-10-11-12-13-17-21-28(30-23-22-29-25-30)27(18-4-2)24-26-19-15-14-16-20-26/h14-16,19-20,22-23,25,27-28H,3-13,17-18,21,24H2,1-2H3/p+1. The second-order valence-electron chi connectivity index (χ2n) is 9.19. The summed E-state index contributed by atoms with van der Waals surface area (Å²) in [5.74, 6) is 0.710. The predicted octanol–water partition coefficient (Wildman–Crippen LogP) is 8.20. The number of imidazole rings is 1. The third-order valence-electron chi connectivity index (χ3n) is 6.60. The molecule has 1 N–H and O–H groups in total. The molecular formula is C28H47N2+. The molecule has 2 nitrogen and oxygen atoms in total. The molecule has 0 aliphatic carbocycles. The number of hydrogen-bond donors (Lipinski definition) is 1. The van der Waals surface area contributed by atoms with Crippen molar-refractivity contribution in [3.8, 4) is 0 Å². The zero-order chi connectivity index (χ0) is 21.3. The first-order valence-corrected chi connectivity index (χ1v) is 12.9. The topological polar surface area (TPSA) is 19.7 Å². The smallest absolute Gasteiger partial charge is 0.241 e. The molecule has 0 aliphatic rings. The number of nitrogens with one attached hydrogen (secondary N) is 1. The van der Waals surface area contributed by atoms with Crippen molar-refractivity contribution in [2.24, 2.45) is 5.92 Å². The Hall–Kier alpha value is -1.57. The summed E-state index contributed by atoms with van der Waals surface area (Å²) in [7, 11) is 0. The van der Waals surface area contributed by atoms with E-state index in [0.717, 1.165) is 0 Å². The van der Waals surface area contributed by atoms with Crippen LogP contribution >= 0.6 is 0 Å². The Bertz CT molecular complexity index is 605. The second-order valence-corrected chi connectivity index (χ2v) is 9.19. The van der Waals surface area contributed by atoms with E-state index in [1.165, 1.54) is 102 Å². The van der Waals surface area contributed by atoms with E-state index in [9.17, 15) is 0 Å². The number of unbranched alkanes of at least 4 members (excludes halogenated alkanes) is 10. The van der Waals surface area contributed by atoms with Crippen LogP contribution in [0.2, 0.25) is 0 Å². The quantitative estimate of drug-likeness (QED) is 0.188. The monoisotopic (exact) mass is 411 g/mol. The van der Waals surface area contributed by atoms with E-state index in [1.807, 2.05) is 0 Å². The van der Waals surface area contributed by atoms with E-state index in [0.29, 0.717) is 12.0 Å². The summed E-state index contributed by atoms with van der Waals surface area (Å²) in [5.41, 5.74) is 1.48. The summed E-state index contributed by atoms with van der Waals surface area (Å²) in [6, 6.07) is 11.7. The van der Waals surface area contributed by atoms with Crippen LogP contribution in [0.5, 0.6) is 0 Å². The molecule has 2 aromatic rings. The van der Waals surface area contributed by atoms with Gasteiger partial charge in [-0.1, -0.05) is 115 Å². The Morgan fingerprint density at radius 1 is 0.733 bits per heavy atom. The Morgan fingerprint density at radius 3 is 1.93 bits per heavy atom. The maximum atomic E-state index is 3.28. The van der Waals surface area contributed by atoms with Gasteiger partial charge in [-0.3, -0.25) is 4.98 Å². The first kappa shape index (κ1) is 24.7. The van der Waals surface area contributed by atoms with Crippen molar-refractivity contribution in [2.75, 3.05) is 0 Å². The number of benzene rings is 1. The summed E-state index contributed by atoms with van der Waals surface area (Å²) in [5, 5.41) is 0. The Morgan fingerprint density at radius 2 is 1.37 bits per heavy atom. The molecule has 2 rings (SSSR count). The van der Waals surface area contributed by atoms with Crippen molar-refractivity contribution in [1.82, 2.24) is 4.98 Å². The van der Waals surface area contributed by atoms with Crippen LogP contribution in [0.3, 0.4) is 0 Å². The number of aromatic nitrogens is 2. The van der Waals surface area contributed by atoms with E-state index in [1.54, 1.807) is 0 Å². The van der Waals surface area contributed by atoms with Crippen molar-refractivity contribution in [3.05, 3.63) is 54.6 Å². The third kappa shape index (κ3) is 9.96. The Kier molecular flexibility index (Phi) is 13.3. The second kappa shape index (κ2) is 16.2. The molecule has 0 bridgehead atoms. The number of H-pyrrole nitrogens is 1. The van der Waals surface area contributed by atoms with Gasteiger partial charge >= 0.3 is 0 Å². The minimum Gasteiger partial charge on any atom is -0.250 e. The summed E-state index contributed by atoms with van der Waals surface area (Å²) < 4.78 is 2.44. The van der Waals surface area contributed by atoms with Crippen LogP contribution in [0, 0.1) is 5.92 Å². The zero-order valence-electron chi connectivity index (χ0n) is 19.8. The van der Waals surface area contributed by atoms with Crippen molar-refractivity contribution in [3.63, 3.8) is 0 Å². The highest BCUT2D eigenvalue weighted by Crippen LogP contribution is 2.28. The Balaban J connectivity index is 1.74. The summed E-state index contributed by atoms with van der Waals surface area (Å²) in [4.78, 5) is 3.28. The molecular weight excluding hydrogens is 364 g/mol. The highest BCUT2D eigenvalue weighted by atomic mass is 15.1. The van der Waals surface area contributed by atoms with E-state index in [4.69, 9.17) is 0 Å². The van der Waals surface area contributed by atoms with Gasteiger partial charge in [0.1, 0.15) is 18.4 Å². The average Bonchev–Trinajstić information content (AvgIpc) is 3.30. The van der Waals surface area contributed by atoms with Gasteiger partial charge in [0.25, 0.3) is 0 Å². The first-order valence-electron chi connectivity index (χ1n) is 12.9. The van der Waals surface area contributed by atoms with Gasteiger partial charge in [0.15, 0.2) is 0 Å². The average molecular weight is 412 g/mol. The van der Waals surface area contributed by atoms with Gasteiger partial charge in [-0.25, -0.2) is 4.57 Å². The molecule has 0 radical (unpaired) electrons. The fourth-order valence-electron chi connectivity index (χ4n) is 4.87. The lowest BCUT2D eigenvalue weighted by atomic mass is 9.85. The molecule has 0 amide bonds. The van der Waals surface area contributed by atoms with Gasteiger partial charge in [-0.05, 0) is 31.2 Å². The number of nitrogens with zero attached hydrogens (tertiary/aromatic N) is 1. The molecule has 1 aromatic heterocycles. The number of rotatable bonds is 18. The molecule has 30 heavy (non-hydrogen) atoms. The molecule has 0 saturated carbocycles. The highest BCUT2D eigenvalue weighted by Gasteiger charge is 2.26. The van der Waals surface area contributed by atoms with Gasteiger partial charge < -0.3 is 0 Å². The largest absolute Gasteiger partial charge is 0.250 e. The molecule has 168 valence electrons. The fraction of sp³-hybridized carbons (Fsp3) is 0.679. The van der Waals surface area contributed by atoms with Gasteiger partial charge in [-0.15, -0.1) is 0 Å². The lowest BCUT2D eigenvalue weighted by molar-refractivity contribution is -0.730. The van der Waals surface area contributed by atoms with Crippen LogP contribution in [0.4, 0.5) is 0 Å². The van der Waals surface area contributed by atoms with E-state index >= 15 is 0 Å². The predicted molar refractivity (Wildman–Crippen MR) is 130 cm³/mol. The molecule has 2 heteroatoms. The lowest BCUT2D eigenvalue weighted by Crippen LogP contribution is -2.42. The number of hydrogen-bond acceptors (Lipinski definition) is 0. The summed E-state index contributed by atoms with van der Waals surface area (Å²) >= 11 is 0. The van der Waals surface area contributed by atoms with Crippen LogP contribution < -0.4 is 4.57 Å². The minimum absolute atomic E-state index is 0.606. The van der Waals surface area contributed by atoms with Crippen LogP contribution in [-0.2, 0) is 6.42 Å². The normalized spacial score (nSPS) is 13.4. The van der Waals surface area contributed by atoms with Gasteiger partial charge in [0.05, 0.1) is 0 Å². The lowest BCUT2D eigenvalue weighted by Gasteiger charge is -2.25. The fourth-order valence-corrected chi connectivity index (χ4v) is 4.87. The maximum absolute atomic E-state index is 3.28. The van der Waals surface area contributed by atoms with Crippen molar-refractivity contribution in [2.45, 2.75) is 116 Å². The molecule has 2 atom stereocenters. The molecule has 1 heterocycles. The van der Waals surface area contributed by atoms with Gasteiger partial charge in [0, 0.05) is 5.92 Å².